The predicted octanol–water partition coefficient (Wildman–Crippen LogP) is 2.97. The third kappa shape index (κ3) is 4.02. The van der Waals surface area contributed by atoms with E-state index < -0.39 is 17.7 Å². The quantitative estimate of drug-likeness (QED) is 0.851. The van der Waals surface area contributed by atoms with Crippen LogP contribution in [-0.2, 0) is 11.2 Å². The fourth-order valence-corrected chi connectivity index (χ4v) is 2.05. The molecule has 0 spiro atoms. The third-order valence-corrected chi connectivity index (χ3v) is 3.14. The van der Waals surface area contributed by atoms with Gasteiger partial charge in [0.2, 0.25) is 5.91 Å². The zero-order valence-electron chi connectivity index (χ0n) is 11.6. The van der Waals surface area contributed by atoms with Gasteiger partial charge in [-0.25, -0.2) is 8.78 Å². The number of amides is 1. The van der Waals surface area contributed by atoms with E-state index in [4.69, 9.17) is 5.73 Å². The highest BCUT2D eigenvalue weighted by molar-refractivity contribution is 5.79. The SMILES string of the molecule is CC(NC(=O)Cc1cccc(N)c1)c1ccc(F)c(F)c1. The van der Waals surface area contributed by atoms with Crippen LogP contribution in [0.3, 0.4) is 0 Å². The summed E-state index contributed by atoms with van der Waals surface area (Å²) in [5.74, 6) is -2.04. The summed E-state index contributed by atoms with van der Waals surface area (Å²) < 4.78 is 26.0. The maximum absolute atomic E-state index is 13.2. The van der Waals surface area contributed by atoms with Crippen molar-refractivity contribution in [3.63, 3.8) is 0 Å². The lowest BCUT2D eigenvalue weighted by Gasteiger charge is -2.14. The molecule has 0 aliphatic rings. The number of carbonyl (C=O) groups is 1. The molecule has 2 aromatic rings. The van der Waals surface area contributed by atoms with Crippen LogP contribution in [0.1, 0.15) is 24.1 Å². The van der Waals surface area contributed by atoms with Crippen molar-refractivity contribution in [2.45, 2.75) is 19.4 Å². The lowest BCUT2D eigenvalue weighted by molar-refractivity contribution is -0.121. The molecule has 2 rings (SSSR count). The largest absolute Gasteiger partial charge is 0.399 e. The van der Waals surface area contributed by atoms with Crippen molar-refractivity contribution in [1.82, 2.24) is 5.32 Å². The Morgan fingerprint density at radius 3 is 2.62 bits per heavy atom. The topological polar surface area (TPSA) is 55.1 Å². The van der Waals surface area contributed by atoms with Crippen molar-refractivity contribution >= 4 is 11.6 Å². The maximum atomic E-state index is 13.2. The highest BCUT2D eigenvalue weighted by Crippen LogP contribution is 2.16. The fraction of sp³-hybridized carbons (Fsp3) is 0.188. The van der Waals surface area contributed by atoms with Crippen LogP contribution in [0.2, 0.25) is 0 Å². The van der Waals surface area contributed by atoms with Crippen molar-refractivity contribution in [2.24, 2.45) is 0 Å². The second-order valence-corrected chi connectivity index (χ2v) is 4.88. The van der Waals surface area contributed by atoms with Crippen molar-refractivity contribution in [2.75, 3.05) is 5.73 Å². The van der Waals surface area contributed by atoms with Crippen molar-refractivity contribution in [3.05, 3.63) is 65.2 Å². The monoisotopic (exact) mass is 290 g/mol. The van der Waals surface area contributed by atoms with E-state index in [0.29, 0.717) is 11.3 Å². The molecule has 1 unspecified atom stereocenters. The van der Waals surface area contributed by atoms with Crippen LogP contribution in [0.25, 0.3) is 0 Å². The molecule has 0 aliphatic heterocycles. The van der Waals surface area contributed by atoms with E-state index >= 15 is 0 Å². The normalized spacial score (nSPS) is 12.0. The van der Waals surface area contributed by atoms with E-state index in [9.17, 15) is 13.6 Å². The van der Waals surface area contributed by atoms with Gasteiger partial charge in [-0.05, 0) is 42.3 Å². The van der Waals surface area contributed by atoms with Crippen molar-refractivity contribution in [3.8, 4) is 0 Å². The summed E-state index contributed by atoms with van der Waals surface area (Å²) in [6.07, 6.45) is 0.180. The first-order valence-corrected chi connectivity index (χ1v) is 6.54. The first-order chi connectivity index (χ1) is 9.95. The highest BCUT2D eigenvalue weighted by atomic mass is 19.2. The van der Waals surface area contributed by atoms with Gasteiger partial charge in [-0.1, -0.05) is 18.2 Å². The van der Waals surface area contributed by atoms with E-state index in [1.54, 1.807) is 31.2 Å². The lowest BCUT2D eigenvalue weighted by Crippen LogP contribution is -2.28. The summed E-state index contributed by atoms with van der Waals surface area (Å²) in [6.45, 7) is 1.71. The van der Waals surface area contributed by atoms with E-state index in [1.807, 2.05) is 0 Å². The first-order valence-electron chi connectivity index (χ1n) is 6.54. The van der Waals surface area contributed by atoms with Gasteiger partial charge in [0.25, 0.3) is 0 Å². The summed E-state index contributed by atoms with van der Waals surface area (Å²) in [5, 5.41) is 2.74. The Balaban J connectivity index is 2.00. The molecule has 3 nitrogen and oxygen atoms in total. The minimum atomic E-state index is -0.926. The summed E-state index contributed by atoms with van der Waals surface area (Å²) in [7, 11) is 0. The molecule has 1 amide bonds. The average Bonchev–Trinajstić information content (AvgIpc) is 2.41. The summed E-state index contributed by atoms with van der Waals surface area (Å²) in [4.78, 5) is 11.9. The molecular formula is C16H16F2N2O. The molecule has 2 aromatic carbocycles. The van der Waals surface area contributed by atoms with Crippen LogP contribution in [-0.4, -0.2) is 5.91 Å². The number of nitrogens with two attached hydrogens (primary N) is 1. The summed E-state index contributed by atoms with van der Waals surface area (Å²) in [5.41, 5.74) is 7.55. The van der Waals surface area contributed by atoms with Crippen LogP contribution in [0.15, 0.2) is 42.5 Å². The van der Waals surface area contributed by atoms with E-state index in [2.05, 4.69) is 5.32 Å². The standard InChI is InChI=1S/C16H16F2N2O/c1-10(12-5-6-14(17)15(18)9-12)20-16(21)8-11-3-2-4-13(19)7-11/h2-7,9-10H,8,19H2,1H3,(H,20,21). The first kappa shape index (κ1) is 15.0. The summed E-state index contributed by atoms with van der Waals surface area (Å²) in [6, 6.07) is 10.2. The molecule has 0 aromatic heterocycles. The second kappa shape index (κ2) is 6.35. The Bertz CT molecular complexity index is 658. The van der Waals surface area contributed by atoms with E-state index in [0.717, 1.165) is 17.7 Å². The van der Waals surface area contributed by atoms with Crippen LogP contribution < -0.4 is 11.1 Å². The van der Waals surface area contributed by atoms with Crippen LogP contribution in [0, 0.1) is 11.6 Å². The lowest BCUT2D eigenvalue weighted by atomic mass is 10.1. The Labute approximate surface area is 121 Å². The number of benzene rings is 2. The number of halogens is 2. The van der Waals surface area contributed by atoms with Gasteiger partial charge in [0, 0.05) is 5.69 Å². The number of rotatable bonds is 4. The van der Waals surface area contributed by atoms with Gasteiger partial charge in [0.05, 0.1) is 12.5 Å². The van der Waals surface area contributed by atoms with Crippen molar-refractivity contribution < 1.29 is 13.6 Å². The second-order valence-electron chi connectivity index (χ2n) is 4.88. The van der Waals surface area contributed by atoms with Gasteiger partial charge in [0.15, 0.2) is 11.6 Å². The molecule has 0 radical (unpaired) electrons. The molecule has 0 saturated heterocycles. The van der Waals surface area contributed by atoms with Crippen molar-refractivity contribution in [1.29, 1.82) is 0 Å². The zero-order chi connectivity index (χ0) is 15.4. The van der Waals surface area contributed by atoms with Crippen LogP contribution in [0.5, 0.6) is 0 Å². The molecule has 0 aliphatic carbocycles. The van der Waals surface area contributed by atoms with Gasteiger partial charge >= 0.3 is 0 Å². The predicted molar refractivity (Wildman–Crippen MR) is 77.5 cm³/mol. The molecule has 21 heavy (non-hydrogen) atoms. The smallest absolute Gasteiger partial charge is 0.224 e. The Hall–Kier alpha value is -2.43. The molecule has 0 heterocycles. The Morgan fingerprint density at radius 2 is 1.95 bits per heavy atom. The average molecular weight is 290 g/mol. The van der Waals surface area contributed by atoms with Gasteiger partial charge in [-0.3, -0.25) is 4.79 Å². The van der Waals surface area contributed by atoms with E-state index in [1.165, 1.54) is 6.07 Å². The Kier molecular flexibility index (Phi) is 4.52. The van der Waals surface area contributed by atoms with Gasteiger partial charge in [-0.15, -0.1) is 0 Å². The number of hydrogen-bond acceptors (Lipinski definition) is 2. The minimum Gasteiger partial charge on any atom is -0.399 e. The van der Waals surface area contributed by atoms with Gasteiger partial charge in [-0.2, -0.15) is 0 Å². The molecule has 110 valence electrons. The molecular weight excluding hydrogens is 274 g/mol. The Morgan fingerprint density at radius 1 is 1.19 bits per heavy atom. The van der Waals surface area contributed by atoms with Gasteiger partial charge < -0.3 is 11.1 Å². The number of nitrogens with one attached hydrogen (secondary N) is 1. The minimum absolute atomic E-state index is 0.180. The van der Waals surface area contributed by atoms with Crippen LogP contribution >= 0.6 is 0 Å². The highest BCUT2D eigenvalue weighted by Gasteiger charge is 2.12. The van der Waals surface area contributed by atoms with Crippen LogP contribution in [0.4, 0.5) is 14.5 Å². The molecule has 1 atom stereocenters. The third-order valence-electron chi connectivity index (χ3n) is 3.14. The zero-order valence-corrected chi connectivity index (χ0v) is 11.6. The maximum Gasteiger partial charge on any atom is 0.224 e. The number of anilines is 1. The fourth-order valence-electron chi connectivity index (χ4n) is 2.05. The molecule has 0 saturated carbocycles. The number of nitrogen functional groups attached to an aromatic ring is 1. The van der Waals surface area contributed by atoms with Gasteiger partial charge in [0.1, 0.15) is 0 Å². The summed E-state index contributed by atoms with van der Waals surface area (Å²) >= 11 is 0. The molecule has 5 heteroatoms. The number of hydrogen-bond donors (Lipinski definition) is 2. The molecule has 0 fully saturated rings. The van der Waals surface area contributed by atoms with E-state index in [-0.39, 0.29) is 12.3 Å². The number of carbonyl (C=O) groups excluding carboxylic acids is 1. The molecule has 3 N–H and O–H groups in total. The molecule has 0 bridgehead atoms.